The van der Waals surface area contributed by atoms with Crippen LogP contribution in [0.25, 0.3) is 0 Å². The number of hydrogen-bond donors (Lipinski definition) is 0. The van der Waals surface area contributed by atoms with E-state index in [2.05, 4.69) is 4.90 Å². The van der Waals surface area contributed by atoms with Crippen molar-refractivity contribution < 1.29 is 9.59 Å². The van der Waals surface area contributed by atoms with Crippen molar-refractivity contribution in [3.8, 4) is 0 Å². The minimum atomic E-state index is -0.551. The fourth-order valence-electron chi connectivity index (χ4n) is 3.43. The monoisotopic (exact) mass is 336 g/mol. The van der Waals surface area contributed by atoms with Crippen LogP contribution in [0, 0.1) is 5.92 Å². The summed E-state index contributed by atoms with van der Waals surface area (Å²) in [5, 5.41) is 0. The van der Waals surface area contributed by atoms with Crippen molar-refractivity contribution in [3.63, 3.8) is 0 Å². The van der Waals surface area contributed by atoms with Gasteiger partial charge in [0.15, 0.2) is 5.78 Å². The molecule has 4 nitrogen and oxygen atoms in total. The van der Waals surface area contributed by atoms with E-state index in [0.717, 1.165) is 24.2 Å². The van der Waals surface area contributed by atoms with E-state index in [1.165, 1.54) is 0 Å². The quantitative estimate of drug-likeness (QED) is 0.760. The molecule has 3 rings (SSSR count). The molecule has 0 aliphatic carbocycles. The first kappa shape index (κ1) is 17.4. The van der Waals surface area contributed by atoms with Gasteiger partial charge in [-0.1, -0.05) is 48.5 Å². The van der Waals surface area contributed by atoms with Crippen molar-refractivity contribution in [2.45, 2.75) is 18.9 Å². The number of Topliss-reactive ketones (excluding diaryl/α,β-unsaturated/α-hetero) is 1. The summed E-state index contributed by atoms with van der Waals surface area (Å²) in [5.74, 6) is -0.618. The standard InChI is InChI=1S/C21H24N2O2/c1-22(2)15-9-14-18-20(24)19(16-10-5-3-6-11-16)23(21(18)25)17-12-7-4-8-13-17/h3-8,10-13,18-19H,9,14-15H2,1-2H3/t18-,19+/m1/s1. The van der Waals surface area contributed by atoms with Gasteiger partial charge in [-0.25, -0.2) is 0 Å². The van der Waals surface area contributed by atoms with Crippen molar-refractivity contribution in [1.29, 1.82) is 0 Å². The third kappa shape index (κ3) is 3.64. The summed E-state index contributed by atoms with van der Waals surface area (Å²) in [7, 11) is 4.00. The molecular formula is C21H24N2O2. The van der Waals surface area contributed by atoms with Crippen LogP contribution in [0.4, 0.5) is 5.69 Å². The maximum Gasteiger partial charge on any atom is 0.238 e. The van der Waals surface area contributed by atoms with Crippen LogP contribution in [0.1, 0.15) is 24.4 Å². The van der Waals surface area contributed by atoms with Crippen LogP contribution in [-0.2, 0) is 9.59 Å². The number of carbonyl (C=O) groups is 2. The highest BCUT2D eigenvalue weighted by Crippen LogP contribution is 2.38. The van der Waals surface area contributed by atoms with E-state index in [0.29, 0.717) is 6.42 Å². The average molecular weight is 336 g/mol. The molecule has 130 valence electrons. The fraction of sp³-hybridized carbons (Fsp3) is 0.333. The van der Waals surface area contributed by atoms with E-state index in [-0.39, 0.29) is 11.7 Å². The topological polar surface area (TPSA) is 40.6 Å². The predicted octanol–water partition coefficient (Wildman–Crippen LogP) is 3.30. The Kier molecular flexibility index (Phi) is 5.29. The lowest BCUT2D eigenvalue weighted by Crippen LogP contribution is -2.29. The van der Waals surface area contributed by atoms with E-state index in [4.69, 9.17) is 0 Å². The Labute approximate surface area is 149 Å². The molecule has 0 saturated carbocycles. The summed E-state index contributed by atoms with van der Waals surface area (Å²) in [5.41, 5.74) is 1.66. The summed E-state index contributed by atoms with van der Waals surface area (Å²) in [4.78, 5) is 29.9. The molecule has 0 unspecified atom stereocenters. The number of rotatable bonds is 6. The molecule has 2 aromatic carbocycles. The van der Waals surface area contributed by atoms with E-state index in [1.807, 2.05) is 74.8 Å². The molecule has 0 aromatic heterocycles. The highest BCUT2D eigenvalue weighted by molar-refractivity contribution is 6.19. The van der Waals surface area contributed by atoms with Crippen LogP contribution in [0.5, 0.6) is 0 Å². The van der Waals surface area contributed by atoms with Crippen LogP contribution in [-0.4, -0.2) is 37.2 Å². The normalized spacial score (nSPS) is 20.5. The maximum absolute atomic E-state index is 13.1. The number of carbonyl (C=O) groups excluding carboxylic acids is 2. The van der Waals surface area contributed by atoms with Gasteiger partial charge >= 0.3 is 0 Å². The largest absolute Gasteiger partial charge is 0.309 e. The van der Waals surface area contributed by atoms with Gasteiger partial charge in [-0.3, -0.25) is 14.5 Å². The Bertz CT molecular complexity index is 671. The predicted molar refractivity (Wildman–Crippen MR) is 99.4 cm³/mol. The Morgan fingerprint density at radius 1 is 0.920 bits per heavy atom. The minimum Gasteiger partial charge on any atom is -0.309 e. The molecule has 1 heterocycles. The van der Waals surface area contributed by atoms with Gasteiger partial charge in [-0.15, -0.1) is 0 Å². The van der Waals surface area contributed by atoms with Crippen molar-refractivity contribution in [2.24, 2.45) is 5.92 Å². The van der Waals surface area contributed by atoms with Gasteiger partial charge in [0.25, 0.3) is 0 Å². The molecular weight excluding hydrogens is 312 g/mol. The van der Waals surface area contributed by atoms with Gasteiger partial charge in [0.05, 0.1) is 5.92 Å². The summed E-state index contributed by atoms with van der Waals surface area (Å²) < 4.78 is 0. The molecule has 25 heavy (non-hydrogen) atoms. The molecule has 4 heteroatoms. The number of ketones is 1. The third-order valence-corrected chi connectivity index (χ3v) is 4.65. The van der Waals surface area contributed by atoms with Crippen LogP contribution >= 0.6 is 0 Å². The molecule has 2 atom stereocenters. The van der Waals surface area contributed by atoms with Crippen LogP contribution in [0.2, 0.25) is 0 Å². The smallest absolute Gasteiger partial charge is 0.238 e. The molecule has 0 radical (unpaired) electrons. The van der Waals surface area contributed by atoms with Gasteiger partial charge in [0, 0.05) is 5.69 Å². The number of benzene rings is 2. The first-order chi connectivity index (χ1) is 12.1. The maximum atomic E-state index is 13.1. The lowest BCUT2D eigenvalue weighted by atomic mass is 9.94. The number of amides is 1. The van der Waals surface area contributed by atoms with Crippen LogP contribution in [0.3, 0.4) is 0 Å². The highest BCUT2D eigenvalue weighted by atomic mass is 16.2. The van der Waals surface area contributed by atoms with Gasteiger partial charge < -0.3 is 4.90 Å². The van der Waals surface area contributed by atoms with Crippen molar-refractivity contribution in [3.05, 3.63) is 66.2 Å². The SMILES string of the molecule is CN(C)CCC[C@@H]1C(=O)[C@H](c2ccccc2)N(c2ccccc2)C1=O. The van der Waals surface area contributed by atoms with Gasteiger partial charge in [-0.05, 0) is 51.2 Å². The number of hydrogen-bond acceptors (Lipinski definition) is 3. The molecule has 0 spiro atoms. The van der Waals surface area contributed by atoms with Gasteiger partial charge in [0.1, 0.15) is 6.04 Å². The second-order valence-corrected chi connectivity index (χ2v) is 6.76. The first-order valence-corrected chi connectivity index (χ1v) is 8.71. The molecule has 1 saturated heterocycles. The fourth-order valence-corrected chi connectivity index (χ4v) is 3.43. The minimum absolute atomic E-state index is 0.0128. The molecule has 1 aliphatic heterocycles. The van der Waals surface area contributed by atoms with Crippen molar-refractivity contribution >= 4 is 17.4 Å². The molecule has 2 aromatic rings. The third-order valence-electron chi connectivity index (χ3n) is 4.65. The number of para-hydroxylation sites is 1. The van der Waals surface area contributed by atoms with Crippen molar-refractivity contribution in [2.75, 3.05) is 25.5 Å². The number of nitrogens with zero attached hydrogens (tertiary/aromatic N) is 2. The van der Waals surface area contributed by atoms with Crippen LogP contribution < -0.4 is 4.90 Å². The zero-order chi connectivity index (χ0) is 17.8. The van der Waals surface area contributed by atoms with Gasteiger partial charge in [-0.2, -0.15) is 0 Å². The lowest BCUT2D eigenvalue weighted by Gasteiger charge is -2.24. The summed E-state index contributed by atoms with van der Waals surface area (Å²) in [6.45, 7) is 0.873. The molecule has 0 bridgehead atoms. The zero-order valence-electron chi connectivity index (χ0n) is 14.8. The summed E-state index contributed by atoms with van der Waals surface area (Å²) in [6.07, 6.45) is 1.43. The first-order valence-electron chi connectivity index (χ1n) is 8.71. The molecule has 1 fully saturated rings. The van der Waals surface area contributed by atoms with Crippen molar-refractivity contribution in [1.82, 2.24) is 4.90 Å². The molecule has 0 N–H and O–H groups in total. The second kappa shape index (κ2) is 7.62. The van der Waals surface area contributed by atoms with E-state index in [1.54, 1.807) is 4.90 Å². The molecule has 1 amide bonds. The summed E-state index contributed by atoms with van der Waals surface area (Å²) >= 11 is 0. The van der Waals surface area contributed by atoms with E-state index >= 15 is 0 Å². The van der Waals surface area contributed by atoms with Crippen LogP contribution in [0.15, 0.2) is 60.7 Å². The van der Waals surface area contributed by atoms with E-state index < -0.39 is 12.0 Å². The average Bonchev–Trinajstić information content (AvgIpc) is 2.87. The summed E-state index contributed by atoms with van der Waals surface area (Å²) in [6, 6.07) is 18.6. The van der Waals surface area contributed by atoms with E-state index in [9.17, 15) is 9.59 Å². The second-order valence-electron chi connectivity index (χ2n) is 6.76. The Balaban J connectivity index is 1.93. The molecule has 1 aliphatic rings. The van der Waals surface area contributed by atoms with Gasteiger partial charge in [0.2, 0.25) is 5.91 Å². The highest BCUT2D eigenvalue weighted by Gasteiger charge is 2.47. The Morgan fingerprint density at radius 2 is 1.52 bits per heavy atom. The Morgan fingerprint density at radius 3 is 2.12 bits per heavy atom. The Hall–Kier alpha value is -2.46. The zero-order valence-corrected chi connectivity index (χ0v) is 14.8. The number of anilines is 1. The lowest BCUT2D eigenvalue weighted by molar-refractivity contribution is -0.127.